The van der Waals surface area contributed by atoms with E-state index < -0.39 is 17.6 Å². The lowest BCUT2D eigenvalue weighted by atomic mass is 10.00. The summed E-state index contributed by atoms with van der Waals surface area (Å²) in [6.07, 6.45) is 0.660. The largest absolute Gasteiger partial charge is 0.370 e. The molecule has 0 spiro atoms. The van der Waals surface area contributed by atoms with Crippen LogP contribution in [0.1, 0.15) is 25.0 Å². The smallest absolute Gasteiger partial charge is 0.249 e. The summed E-state index contributed by atoms with van der Waals surface area (Å²) in [4.78, 5) is 43.0. The first kappa shape index (κ1) is 29.3. The number of ether oxygens (including phenoxy) is 1. The van der Waals surface area contributed by atoms with E-state index in [4.69, 9.17) is 10.5 Å². The molecule has 3 N–H and O–H groups in total. The van der Waals surface area contributed by atoms with Gasteiger partial charge in [0.15, 0.2) is 0 Å². The fraction of sp³-hybridized carbons (Fsp3) is 0.414. The van der Waals surface area contributed by atoms with Gasteiger partial charge in [-0.05, 0) is 41.8 Å². The highest BCUT2D eigenvalue weighted by Crippen LogP contribution is 2.28. The van der Waals surface area contributed by atoms with Gasteiger partial charge in [0.05, 0.1) is 6.61 Å². The van der Waals surface area contributed by atoms with Crippen molar-refractivity contribution >= 4 is 39.1 Å². The molecule has 3 rings (SSSR count). The molecule has 0 bridgehead atoms. The van der Waals surface area contributed by atoms with Crippen molar-refractivity contribution in [2.45, 2.75) is 44.3 Å². The van der Waals surface area contributed by atoms with Crippen molar-refractivity contribution in [2.24, 2.45) is 5.73 Å². The van der Waals surface area contributed by atoms with Gasteiger partial charge >= 0.3 is 0 Å². The Bertz CT molecular complexity index is 1240. The Hall–Kier alpha value is -3.27. The van der Waals surface area contributed by atoms with Crippen molar-refractivity contribution in [1.82, 2.24) is 15.1 Å². The summed E-state index contributed by atoms with van der Waals surface area (Å²) in [7, 11) is 4.78. The second-order valence-corrected chi connectivity index (χ2v) is 11.1. The van der Waals surface area contributed by atoms with E-state index in [0.717, 1.165) is 21.2 Å². The number of amides is 3. The van der Waals surface area contributed by atoms with Gasteiger partial charge in [-0.15, -0.1) is 11.3 Å². The highest BCUT2D eigenvalue weighted by Gasteiger charge is 2.35. The predicted octanol–water partition coefficient (Wildman–Crippen LogP) is 2.84. The molecule has 2 atom stereocenters. The highest BCUT2D eigenvalue weighted by atomic mass is 32.1. The highest BCUT2D eigenvalue weighted by molar-refractivity contribution is 7.17. The Morgan fingerprint density at radius 2 is 1.63 bits per heavy atom. The zero-order valence-corrected chi connectivity index (χ0v) is 23.6. The average molecular weight is 539 g/mol. The van der Waals surface area contributed by atoms with Crippen molar-refractivity contribution < 1.29 is 19.1 Å². The normalized spacial score (nSPS) is 13.1. The summed E-state index contributed by atoms with van der Waals surface area (Å²) >= 11 is 1.60. The number of benzene rings is 2. The lowest BCUT2D eigenvalue weighted by Gasteiger charge is -2.34. The standard InChI is InChI=1S/C29H38N4O4S/c1-29(2,30)19-37-17-26(34)32(4)24(16-21-18-38-25-14-10-9-13-22(21)25)28(36)33(5)23(27(35)31-3)15-20-11-7-6-8-12-20/h6-14,18,23-24H,15-17,19,30H2,1-5H3,(H,31,35)/t23-,24-/m1/s1. The molecule has 8 nitrogen and oxygen atoms in total. The van der Waals surface area contributed by atoms with Gasteiger partial charge in [0.1, 0.15) is 18.7 Å². The van der Waals surface area contributed by atoms with E-state index in [9.17, 15) is 14.4 Å². The van der Waals surface area contributed by atoms with Crippen LogP contribution in [0, 0.1) is 0 Å². The summed E-state index contributed by atoms with van der Waals surface area (Å²) < 4.78 is 6.66. The van der Waals surface area contributed by atoms with Gasteiger partial charge in [0.2, 0.25) is 17.7 Å². The van der Waals surface area contributed by atoms with E-state index in [1.807, 2.05) is 73.8 Å². The van der Waals surface area contributed by atoms with Crippen LogP contribution in [0.15, 0.2) is 60.0 Å². The van der Waals surface area contributed by atoms with Crippen molar-refractivity contribution in [3.8, 4) is 0 Å². The number of rotatable bonds is 12. The molecule has 1 heterocycles. The minimum Gasteiger partial charge on any atom is -0.370 e. The third-order valence-electron chi connectivity index (χ3n) is 6.46. The Labute approximate surface area is 228 Å². The van der Waals surface area contributed by atoms with Crippen LogP contribution >= 0.6 is 11.3 Å². The Morgan fingerprint density at radius 1 is 0.974 bits per heavy atom. The van der Waals surface area contributed by atoms with Crippen molar-refractivity contribution in [3.05, 3.63) is 71.1 Å². The molecule has 38 heavy (non-hydrogen) atoms. The molecule has 1 aromatic heterocycles. The van der Waals surface area contributed by atoms with E-state index in [0.29, 0.717) is 12.8 Å². The van der Waals surface area contributed by atoms with Crippen LogP contribution in [0.25, 0.3) is 10.1 Å². The van der Waals surface area contributed by atoms with E-state index in [1.165, 1.54) is 9.80 Å². The third kappa shape index (κ3) is 7.63. The summed E-state index contributed by atoms with van der Waals surface area (Å²) in [5, 5.41) is 5.75. The number of likely N-dealkylation sites (N-methyl/N-ethyl adjacent to an activating group) is 3. The van der Waals surface area contributed by atoms with Gasteiger partial charge in [-0.25, -0.2) is 0 Å². The molecule has 0 saturated heterocycles. The van der Waals surface area contributed by atoms with Crippen LogP contribution in [0.2, 0.25) is 0 Å². The van der Waals surface area contributed by atoms with Crippen LogP contribution in [0.4, 0.5) is 0 Å². The topological polar surface area (TPSA) is 105 Å². The summed E-state index contributed by atoms with van der Waals surface area (Å²) in [6.45, 7) is 3.64. The summed E-state index contributed by atoms with van der Waals surface area (Å²) in [5.41, 5.74) is 7.30. The number of nitrogens with one attached hydrogen (secondary N) is 1. The fourth-order valence-electron chi connectivity index (χ4n) is 4.26. The van der Waals surface area contributed by atoms with Crippen LogP contribution < -0.4 is 11.1 Å². The zero-order chi connectivity index (χ0) is 27.9. The van der Waals surface area contributed by atoms with Crippen LogP contribution in [0.5, 0.6) is 0 Å². The lowest BCUT2D eigenvalue weighted by Crippen LogP contribution is -2.56. The van der Waals surface area contributed by atoms with Gasteiger partial charge in [-0.2, -0.15) is 0 Å². The van der Waals surface area contributed by atoms with E-state index >= 15 is 0 Å². The predicted molar refractivity (Wildman–Crippen MR) is 152 cm³/mol. The molecule has 0 saturated carbocycles. The number of carbonyl (C=O) groups excluding carboxylic acids is 3. The molecular weight excluding hydrogens is 500 g/mol. The van der Waals surface area contributed by atoms with Crippen LogP contribution in [-0.4, -0.2) is 79.5 Å². The molecule has 204 valence electrons. The molecule has 0 unspecified atom stereocenters. The van der Waals surface area contributed by atoms with Gasteiger partial charge in [-0.3, -0.25) is 14.4 Å². The summed E-state index contributed by atoms with van der Waals surface area (Å²) in [6, 6.07) is 16.0. The first-order valence-electron chi connectivity index (χ1n) is 12.6. The molecule has 9 heteroatoms. The molecular formula is C29H38N4O4S. The van der Waals surface area contributed by atoms with Crippen LogP contribution in [0.3, 0.4) is 0 Å². The maximum absolute atomic E-state index is 14.0. The van der Waals surface area contributed by atoms with Gasteiger partial charge in [0.25, 0.3) is 0 Å². The van der Waals surface area contributed by atoms with Crippen molar-refractivity contribution in [1.29, 1.82) is 0 Å². The molecule has 0 aliphatic rings. The number of nitrogens with zero attached hydrogens (tertiary/aromatic N) is 2. The molecule has 0 radical (unpaired) electrons. The first-order valence-corrected chi connectivity index (χ1v) is 13.5. The maximum Gasteiger partial charge on any atom is 0.249 e. The number of fused-ring (bicyclic) bond motifs is 1. The van der Waals surface area contributed by atoms with Crippen molar-refractivity contribution in [3.63, 3.8) is 0 Å². The summed E-state index contributed by atoms with van der Waals surface area (Å²) in [5.74, 6) is -0.924. The molecule has 2 aromatic carbocycles. The van der Waals surface area contributed by atoms with Gasteiger partial charge < -0.3 is 25.6 Å². The molecule has 3 aromatic rings. The van der Waals surface area contributed by atoms with Crippen LogP contribution in [-0.2, 0) is 32.0 Å². The van der Waals surface area contributed by atoms with E-state index in [2.05, 4.69) is 5.32 Å². The maximum atomic E-state index is 14.0. The van der Waals surface area contributed by atoms with Gasteiger partial charge in [-0.1, -0.05) is 48.5 Å². The Balaban J connectivity index is 1.89. The van der Waals surface area contributed by atoms with E-state index in [1.54, 1.807) is 32.5 Å². The number of thiophene rings is 1. The molecule has 0 fully saturated rings. The monoisotopic (exact) mass is 538 g/mol. The number of hydrogen-bond donors (Lipinski definition) is 2. The number of hydrogen-bond acceptors (Lipinski definition) is 6. The minimum absolute atomic E-state index is 0.197. The van der Waals surface area contributed by atoms with Gasteiger partial charge in [0, 0.05) is 44.2 Å². The number of carbonyl (C=O) groups is 3. The second-order valence-electron chi connectivity index (χ2n) is 10.2. The molecule has 0 aliphatic carbocycles. The van der Waals surface area contributed by atoms with E-state index in [-0.39, 0.29) is 30.9 Å². The number of nitrogens with two attached hydrogens (primary N) is 1. The quantitative estimate of drug-likeness (QED) is 0.369. The molecule has 0 aliphatic heterocycles. The zero-order valence-electron chi connectivity index (χ0n) is 22.8. The first-order chi connectivity index (χ1) is 18.0. The Kier molecular flexibility index (Phi) is 10.0. The lowest BCUT2D eigenvalue weighted by molar-refractivity contribution is -0.149. The SMILES string of the molecule is CNC(=O)[C@@H](Cc1ccccc1)N(C)C(=O)[C@@H](Cc1csc2ccccc12)N(C)C(=O)COCC(C)(C)N. The molecule has 3 amide bonds. The average Bonchev–Trinajstić information content (AvgIpc) is 3.31. The Morgan fingerprint density at radius 3 is 2.29 bits per heavy atom. The fourth-order valence-corrected chi connectivity index (χ4v) is 5.24. The van der Waals surface area contributed by atoms with Crippen molar-refractivity contribution in [2.75, 3.05) is 34.4 Å². The minimum atomic E-state index is -0.831. The second kappa shape index (κ2) is 13.0. The third-order valence-corrected chi connectivity index (χ3v) is 7.47.